The molecule has 2 N–H and O–H groups in total. The summed E-state index contributed by atoms with van der Waals surface area (Å²) in [7, 11) is 1.68. The second-order valence-corrected chi connectivity index (χ2v) is 5.42. The van der Waals surface area contributed by atoms with Crippen LogP contribution in [0.3, 0.4) is 0 Å². The number of imide groups is 2. The lowest BCUT2D eigenvalue weighted by Gasteiger charge is -2.42. The summed E-state index contributed by atoms with van der Waals surface area (Å²) in [6, 6.07) is 3.46. The molecule has 4 amide bonds. The summed E-state index contributed by atoms with van der Waals surface area (Å²) < 4.78 is 0. The maximum atomic E-state index is 12.2. The number of amides is 4. The number of nitrogens with one attached hydrogen (secondary N) is 2. The number of carbonyl (C=O) groups excluding carboxylic acids is 3. The topological polar surface area (TPSA) is 122 Å². The number of hydrogen-bond donors (Lipinski definition) is 2. The zero-order chi connectivity index (χ0) is 16.1. The van der Waals surface area contributed by atoms with Crippen LogP contribution >= 0.6 is 0 Å². The lowest BCUT2D eigenvalue weighted by molar-refractivity contribution is -0.384. The van der Waals surface area contributed by atoms with Crippen LogP contribution < -0.4 is 15.5 Å². The van der Waals surface area contributed by atoms with Crippen molar-refractivity contribution in [2.75, 3.05) is 18.5 Å². The summed E-state index contributed by atoms with van der Waals surface area (Å²) in [5, 5.41) is 15.1. The molecule has 0 aromatic heterocycles. The number of non-ortho nitro benzene ring substituents is 1. The number of nitro benzene ring substituents is 1. The third kappa shape index (κ3) is 1.90. The van der Waals surface area contributed by atoms with E-state index in [0.717, 1.165) is 0 Å². The van der Waals surface area contributed by atoms with Crippen LogP contribution in [-0.2, 0) is 16.0 Å². The number of rotatable bonds is 1. The first-order valence-corrected chi connectivity index (χ1v) is 6.49. The Bertz CT molecular complexity index is 709. The molecule has 2 heterocycles. The van der Waals surface area contributed by atoms with Crippen LogP contribution in [-0.4, -0.2) is 36.4 Å². The molecular formula is C13H12N4O5. The fraction of sp³-hybridized carbons (Fsp3) is 0.308. The van der Waals surface area contributed by atoms with Crippen LogP contribution in [0.25, 0.3) is 0 Å². The molecular weight excluding hydrogens is 292 g/mol. The number of hydrogen-bond acceptors (Lipinski definition) is 6. The van der Waals surface area contributed by atoms with Crippen molar-refractivity contribution in [3.63, 3.8) is 0 Å². The fourth-order valence-electron chi connectivity index (χ4n) is 2.95. The summed E-state index contributed by atoms with van der Waals surface area (Å²) in [6.07, 6.45) is -0.000694. The minimum Gasteiger partial charge on any atom is -0.373 e. The number of urea groups is 1. The van der Waals surface area contributed by atoms with Crippen molar-refractivity contribution < 1.29 is 19.3 Å². The molecule has 1 saturated heterocycles. The van der Waals surface area contributed by atoms with Gasteiger partial charge in [0.2, 0.25) is 11.8 Å². The molecule has 1 spiro atoms. The molecule has 9 heteroatoms. The van der Waals surface area contributed by atoms with Gasteiger partial charge in [0.15, 0.2) is 0 Å². The molecule has 114 valence electrons. The highest BCUT2D eigenvalue weighted by Gasteiger charge is 2.53. The third-order valence-corrected chi connectivity index (χ3v) is 4.01. The maximum Gasteiger partial charge on any atom is 0.328 e. The molecule has 9 nitrogen and oxygen atoms in total. The minimum atomic E-state index is -1.47. The number of nitro groups is 1. The predicted molar refractivity (Wildman–Crippen MR) is 74.2 cm³/mol. The molecule has 0 radical (unpaired) electrons. The smallest absolute Gasteiger partial charge is 0.328 e. The van der Waals surface area contributed by atoms with Crippen molar-refractivity contribution in [3.05, 3.63) is 33.9 Å². The van der Waals surface area contributed by atoms with E-state index < -0.39 is 28.2 Å². The molecule has 0 atom stereocenters. The number of carbonyl (C=O) groups is 3. The van der Waals surface area contributed by atoms with E-state index in [1.807, 2.05) is 0 Å². The van der Waals surface area contributed by atoms with Gasteiger partial charge in [0.05, 0.1) is 4.92 Å². The SMILES string of the molecule is CN1CC2(Cc3cc([N+](=O)[O-])ccc31)C(=O)NC(=O)NC2=O. The Morgan fingerprint density at radius 2 is 1.86 bits per heavy atom. The van der Waals surface area contributed by atoms with Crippen LogP contribution in [0.2, 0.25) is 0 Å². The Balaban J connectivity index is 2.07. The molecule has 2 aliphatic rings. The third-order valence-electron chi connectivity index (χ3n) is 4.01. The van der Waals surface area contributed by atoms with Gasteiger partial charge in [0.25, 0.3) is 5.69 Å². The average Bonchev–Trinajstić information content (AvgIpc) is 2.44. The van der Waals surface area contributed by atoms with Gasteiger partial charge in [-0.1, -0.05) is 0 Å². The largest absolute Gasteiger partial charge is 0.373 e. The van der Waals surface area contributed by atoms with Gasteiger partial charge in [-0.2, -0.15) is 0 Å². The lowest BCUT2D eigenvalue weighted by atomic mass is 9.75. The van der Waals surface area contributed by atoms with Gasteiger partial charge in [-0.05, 0) is 18.1 Å². The van der Waals surface area contributed by atoms with Crippen LogP contribution in [0, 0.1) is 15.5 Å². The molecule has 1 aromatic rings. The second-order valence-electron chi connectivity index (χ2n) is 5.42. The van der Waals surface area contributed by atoms with Gasteiger partial charge in [0.1, 0.15) is 5.41 Å². The van der Waals surface area contributed by atoms with Gasteiger partial charge in [-0.25, -0.2) is 4.79 Å². The highest BCUT2D eigenvalue weighted by molar-refractivity contribution is 6.20. The molecule has 3 rings (SSSR count). The highest BCUT2D eigenvalue weighted by atomic mass is 16.6. The van der Waals surface area contributed by atoms with Crippen molar-refractivity contribution >= 4 is 29.2 Å². The van der Waals surface area contributed by atoms with Crippen molar-refractivity contribution in [2.45, 2.75) is 6.42 Å². The quantitative estimate of drug-likeness (QED) is 0.426. The fourth-order valence-corrected chi connectivity index (χ4v) is 2.95. The van der Waals surface area contributed by atoms with Crippen molar-refractivity contribution in [1.82, 2.24) is 10.6 Å². The number of anilines is 1. The molecule has 0 aliphatic carbocycles. The molecule has 0 saturated carbocycles. The van der Waals surface area contributed by atoms with Gasteiger partial charge in [-0.15, -0.1) is 0 Å². The molecule has 2 aliphatic heterocycles. The number of nitrogens with zero attached hydrogens (tertiary/aromatic N) is 2. The van der Waals surface area contributed by atoms with E-state index in [-0.39, 0.29) is 18.7 Å². The first kappa shape index (κ1) is 14.0. The molecule has 0 bridgehead atoms. The van der Waals surface area contributed by atoms with Gasteiger partial charge in [0, 0.05) is 31.4 Å². The Hall–Kier alpha value is -2.97. The monoisotopic (exact) mass is 304 g/mol. The first-order valence-electron chi connectivity index (χ1n) is 6.49. The van der Waals surface area contributed by atoms with E-state index in [4.69, 9.17) is 0 Å². The Kier molecular flexibility index (Phi) is 2.87. The van der Waals surface area contributed by atoms with Gasteiger partial charge >= 0.3 is 6.03 Å². The van der Waals surface area contributed by atoms with Crippen molar-refractivity contribution in [2.24, 2.45) is 5.41 Å². The van der Waals surface area contributed by atoms with E-state index >= 15 is 0 Å². The maximum absolute atomic E-state index is 12.2. The Morgan fingerprint density at radius 3 is 2.45 bits per heavy atom. The standard InChI is InChI=1S/C13H12N4O5/c1-16-6-13(10(18)14-12(20)15-11(13)19)5-7-4-8(17(21)22)2-3-9(7)16/h2-4H,5-6H2,1H3,(H2,14,15,18,19,20). The highest BCUT2D eigenvalue weighted by Crippen LogP contribution is 2.38. The number of barbiturate groups is 1. The van der Waals surface area contributed by atoms with Crippen molar-refractivity contribution in [3.8, 4) is 0 Å². The number of fused-ring (bicyclic) bond motifs is 1. The van der Waals surface area contributed by atoms with Crippen LogP contribution in [0.15, 0.2) is 18.2 Å². The zero-order valence-corrected chi connectivity index (χ0v) is 11.6. The summed E-state index contributed by atoms with van der Waals surface area (Å²) in [4.78, 5) is 47.7. The van der Waals surface area contributed by atoms with Crippen molar-refractivity contribution in [1.29, 1.82) is 0 Å². The summed E-state index contributed by atoms with van der Waals surface area (Å²) >= 11 is 0. The summed E-state index contributed by atoms with van der Waals surface area (Å²) in [6.45, 7) is 0.0861. The van der Waals surface area contributed by atoms with Gasteiger partial charge < -0.3 is 4.90 Å². The molecule has 22 heavy (non-hydrogen) atoms. The second kappa shape index (κ2) is 4.52. The van der Waals surface area contributed by atoms with E-state index in [0.29, 0.717) is 11.3 Å². The van der Waals surface area contributed by atoms with E-state index in [1.54, 1.807) is 18.0 Å². The molecule has 1 aromatic carbocycles. The summed E-state index contributed by atoms with van der Waals surface area (Å²) in [5.74, 6) is -1.38. The number of benzene rings is 1. The Labute approximate surface area is 124 Å². The van der Waals surface area contributed by atoms with E-state index in [9.17, 15) is 24.5 Å². The zero-order valence-electron chi connectivity index (χ0n) is 11.6. The molecule has 0 unspecified atom stereocenters. The normalized spacial score (nSPS) is 19.5. The Morgan fingerprint density at radius 1 is 1.23 bits per heavy atom. The summed E-state index contributed by atoms with van der Waals surface area (Å²) in [5.41, 5.74) is -0.349. The minimum absolute atomic E-state index is 0.000694. The van der Waals surface area contributed by atoms with Crippen LogP contribution in [0.1, 0.15) is 5.56 Å². The van der Waals surface area contributed by atoms with Crippen LogP contribution in [0.4, 0.5) is 16.2 Å². The lowest BCUT2D eigenvalue weighted by Crippen LogP contribution is -2.67. The first-order chi connectivity index (χ1) is 10.3. The van der Waals surface area contributed by atoms with E-state index in [1.165, 1.54) is 12.1 Å². The van der Waals surface area contributed by atoms with Crippen LogP contribution in [0.5, 0.6) is 0 Å². The predicted octanol–water partition coefficient (Wildman–Crippen LogP) is -0.0605. The van der Waals surface area contributed by atoms with E-state index in [2.05, 4.69) is 10.6 Å². The average molecular weight is 304 g/mol. The molecule has 1 fully saturated rings. The van der Waals surface area contributed by atoms with Gasteiger partial charge in [-0.3, -0.25) is 30.3 Å².